The molecule has 39 heavy (non-hydrogen) atoms. The van der Waals surface area contributed by atoms with E-state index in [1.165, 1.54) is 12.1 Å². The van der Waals surface area contributed by atoms with Crippen LogP contribution in [0.5, 0.6) is 0 Å². The minimum Gasteiger partial charge on any atom is -0.226 e. The van der Waals surface area contributed by atoms with Crippen molar-refractivity contribution in [3.8, 4) is 29.5 Å². The average molecular weight is 550 g/mol. The fraction of sp³-hybridized carbons (Fsp3) is 0.182. The Hall–Kier alpha value is -5.29. The van der Waals surface area contributed by atoms with Crippen molar-refractivity contribution >= 4 is 16.9 Å². The largest absolute Gasteiger partial charge is 0.460 e. The van der Waals surface area contributed by atoms with E-state index in [9.17, 15) is 36.0 Å². The van der Waals surface area contributed by atoms with Crippen LogP contribution in [0.3, 0.4) is 0 Å². The lowest BCUT2D eigenvalue weighted by Gasteiger charge is -2.34. The van der Waals surface area contributed by atoms with Gasteiger partial charge in [-0.3, -0.25) is 0 Å². The van der Waals surface area contributed by atoms with E-state index in [2.05, 4.69) is 24.8 Å². The number of halogens is 9. The molecule has 0 atom stereocenters. The van der Waals surface area contributed by atoms with E-state index in [-0.39, 0.29) is 6.07 Å². The van der Waals surface area contributed by atoms with Gasteiger partial charge in [-0.1, -0.05) is 18.2 Å². The molecule has 0 saturated carbocycles. The third-order valence-corrected chi connectivity index (χ3v) is 5.48. The van der Waals surface area contributed by atoms with Crippen molar-refractivity contribution in [1.29, 1.82) is 15.8 Å². The molecule has 0 aliphatic heterocycles. The summed E-state index contributed by atoms with van der Waals surface area (Å²) < 4.78 is 124. The quantitative estimate of drug-likeness (QED) is 0.193. The van der Waals surface area contributed by atoms with Crippen molar-refractivity contribution in [2.75, 3.05) is 0 Å². The predicted octanol–water partition coefficient (Wildman–Crippen LogP) is 5.27. The number of nitrogens with zero attached hydrogens (tertiary/aromatic N) is 8. The topological polar surface area (TPSA) is 127 Å². The first-order valence-electron chi connectivity index (χ1n) is 9.85. The number of nitriles is 3. The number of alkyl halides is 9. The van der Waals surface area contributed by atoms with Gasteiger partial charge in [0.15, 0.2) is 22.7 Å². The maximum absolute atomic E-state index is 15.1. The third kappa shape index (κ3) is 3.51. The first-order chi connectivity index (χ1) is 18.1. The summed E-state index contributed by atoms with van der Waals surface area (Å²) in [5.74, 6) is -20.5. The lowest BCUT2D eigenvalue weighted by Crippen LogP contribution is -2.59. The molecule has 0 spiro atoms. The molecule has 17 heteroatoms. The zero-order chi connectivity index (χ0) is 29.1. The molecular weight excluding hydrogens is 547 g/mol. The molecule has 194 valence electrons. The molecule has 0 amide bonds. The van der Waals surface area contributed by atoms with Gasteiger partial charge in [0, 0.05) is 16.7 Å². The Balaban J connectivity index is 2.12. The highest BCUT2D eigenvalue weighted by Gasteiger charge is 2.82. The second kappa shape index (κ2) is 8.36. The van der Waals surface area contributed by atoms with Crippen LogP contribution in [0, 0.1) is 40.6 Å². The minimum atomic E-state index is -7.21. The van der Waals surface area contributed by atoms with Crippen LogP contribution >= 0.6 is 0 Å². The van der Waals surface area contributed by atoms with Crippen LogP contribution in [-0.4, -0.2) is 38.0 Å². The van der Waals surface area contributed by atoms with E-state index in [1.807, 2.05) is 0 Å². The third-order valence-electron chi connectivity index (χ3n) is 5.48. The summed E-state index contributed by atoms with van der Waals surface area (Å²) in [6, 6.07) is 6.04. The predicted molar refractivity (Wildman–Crippen MR) is 108 cm³/mol. The fourth-order valence-corrected chi connectivity index (χ4v) is 3.71. The number of allylic oxidation sites excluding steroid dienone is 1. The maximum Gasteiger partial charge on any atom is 0.460 e. The summed E-state index contributed by atoms with van der Waals surface area (Å²) in [7, 11) is 0. The van der Waals surface area contributed by atoms with Crippen LogP contribution in [0.15, 0.2) is 23.9 Å². The molecule has 0 N–H and O–H groups in total. The van der Waals surface area contributed by atoms with Crippen molar-refractivity contribution in [2.24, 2.45) is 0 Å². The molecular formula is C22H3F9N8. The Morgan fingerprint density at radius 2 is 1.31 bits per heavy atom. The fourth-order valence-electron chi connectivity index (χ4n) is 3.71. The van der Waals surface area contributed by atoms with Crippen molar-refractivity contribution in [1.82, 2.24) is 19.9 Å². The van der Waals surface area contributed by atoms with Gasteiger partial charge in [0.05, 0.1) is 24.0 Å². The number of rotatable bonds is 3. The zero-order valence-electron chi connectivity index (χ0n) is 18.2. The number of hydrogen-bond donors (Lipinski definition) is 0. The molecule has 0 unspecified atom stereocenters. The van der Waals surface area contributed by atoms with Crippen LogP contribution in [0.25, 0.3) is 33.0 Å². The Morgan fingerprint density at radius 3 is 1.77 bits per heavy atom. The van der Waals surface area contributed by atoms with Gasteiger partial charge in [-0.15, -0.1) is 0 Å². The van der Waals surface area contributed by atoms with E-state index in [4.69, 9.17) is 17.1 Å². The van der Waals surface area contributed by atoms with Crippen LogP contribution in [0.4, 0.5) is 39.5 Å². The van der Waals surface area contributed by atoms with E-state index >= 15 is 8.78 Å². The molecule has 2 aromatic heterocycles. The standard InChI is InChI=1S/C22H3F9N8/c1-35-12(7-34)14-13-8(15-16(14)39-18-17(38-15)36-10(5-32)11(6-33)37-18)3-2-4-9(13)19(23,24)20(25,26)21(27,28)22(29,30)31/h2-4H/b14-12+. The summed E-state index contributed by atoms with van der Waals surface area (Å²) in [4.78, 5) is 18.1. The molecule has 2 heterocycles. The average Bonchev–Trinajstić information content (AvgIpc) is 3.19. The first-order valence-corrected chi connectivity index (χ1v) is 9.85. The van der Waals surface area contributed by atoms with Gasteiger partial charge < -0.3 is 0 Å². The second-order valence-electron chi connectivity index (χ2n) is 7.61. The van der Waals surface area contributed by atoms with Gasteiger partial charge in [0.1, 0.15) is 12.1 Å². The smallest absolute Gasteiger partial charge is 0.226 e. The SMILES string of the molecule is [C-]#[N+]/C(C#N)=C1/c2nc3nc(C#N)c(C#N)nc3nc2-c2cccc(C(F)(F)C(F)(F)C(F)(F)C(F)(F)F)c21. The first kappa shape index (κ1) is 26.8. The van der Waals surface area contributed by atoms with E-state index in [0.29, 0.717) is 6.07 Å². The number of fused-ring (bicyclic) bond motifs is 4. The summed E-state index contributed by atoms with van der Waals surface area (Å²) in [5.41, 5.74) is -9.15. The van der Waals surface area contributed by atoms with Crippen molar-refractivity contribution in [3.05, 3.63) is 63.5 Å². The Kier molecular flexibility index (Phi) is 5.74. The molecule has 0 saturated heterocycles. The van der Waals surface area contributed by atoms with Crippen molar-refractivity contribution < 1.29 is 39.5 Å². The van der Waals surface area contributed by atoms with Crippen molar-refractivity contribution in [3.63, 3.8) is 0 Å². The summed E-state index contributed by atoms with van der Waals surface area (Å²) in [5, 5.41) is 27.7. The van der Waals surface area contributed by atoms with Crippen LogP contribution in [-0.2, 0) is 5.92 Å². The van der Waals surface area contributed by atoms with E-state index in [1.54, 1.807) is 6.07 Å². The van der Waals surface area contributed by atoms with Crippen LogP contribution in [0.2, 0.25) is 0 Å². The lowest BCUT2D eigenvalue weighted by atomic mass is 9.89. The molecule has 0 fully saturated rings. The highest BCUT2D eigenvalue weighted by Crippen LogP contribution is 2.59. The summed E-state index contributed by atoms with van der Waals surface area (Å²) >= 11 is 0. The monoisotopic (exact) mass is 550 g/mol. The number of aromatic nitrogens is 4. The second-order valence-corrected chi connectivity index (χ2v) is 7.61. The van der Waals surface area contributed by atoms with E-state index < -0.39 is 86.0 Å². The molecule has 1 aliphatic rings. The summed E-state index contributed by atoms with van der Waals surface area (Å²) in [6.07, 6.45) is -7.08. The molecule has 0 radical (unpaired) electrons. The Bertz CT molecular complexity index is 1770. The van der Waals surface area contributed by atoms with E-state index in [0.717, 1.165) is 6.07 Å². The van der Waals surface area contributed by atoms with Gasteiger partial charge in [-0.2, -0.15) is 50.0 Å². The van der Waals surface area contributed by atoms with Gasteiger partial charge in [-0.25, -0.2) is 30.0 Å². The lowest BCUT2D eigenvalue weighted by molar-refractivity contribution is -0.399. The molecule has 4 rings (SSSR count). The van der Waals surface area contributed by atoms with Crippen molar-refractivity contribution in [2.45, 2.75) is 23.9 Å². The number of hydrogen-bond acceptors (Lipinski definition) is 7. The van der Waals surface area contributed by atoms with Gasteiger partial charge in [0.2, 0.25) is 0 Å². The highest BCUT2D eigenvalue weighted by molar-refractivity contribution is 6.03. The van der Waals surface area contributed by atoms with Gasteiger partial charge >= 0.3 is 23.9 Å². The normalized spacial score (nSPS) is 14.5. The van der Waals surface area contributed by atoms with Gasteiger partial charge in [0.25, 0.3) is 5.70 Å². The summed E-state index contributed by atoms with van der Waals surface area (Å²) in [6.45, 7) is 7.20. The van der Waals surface area contributed by atoms with Crippen LogP contribution in [0.1, 0.15) is 28.2 Å². The minimum absolute atomic E-state index is 0.127. The number of benzene rings is 1. The molecule has 3 aromatic rings. The zero-order valence-corrected chi connectivity index (χ0v) is 18.2. The Morgan fingerprint density at radius 1 is 0.769 bits per heavy atom. The molecule has 8 nitrogen and oxygen atoms in total. The van der Waals surface area contributed by atoms with Crippen LogP contribution < -0.4 is 0 Å². The Labute approximate surface area is 209 Å². The highest BCUT2D eigenvalue weighted by atomic mass is 19.4. The molecule has 1 aromatic carbocycles. The molecule has 0 bridgehead atoms. The molecule has 1 aliphatic carbocycles. The maximum atomic E-state index is 15.1. The van der Waals surface area contributed by atoms with Gasteiger partial charge in [-0.05, 0) is 5.56 Å².